The van der Waals surface area contributed by atoms with Gasteiger partial charge in [-0.1, -0.05) is 11.6 Å². The van der Waals surface area contributed by atoms with Crippen molar-refractivity contribution in [2.75, 3.05) is 12.8 Å². The number of carboxylic acid groups (broad SMARTS) is 1. The lowest BCUT2D eigenvalue weighted by atomic mass is 10.1. The van der Waals surface area contributed by atoms with Crippen LogP contribution in [-0.2, 0) is 14.6 Å². The van der Waals surface area contributed by atoms with Crippen LogP contribution in [0.4, 0.5) is 0 Å². The standard InChI is InChI=1S/C13H16ClNO5S/c1-8-10(13(17)18)6-9(14)7-11(8)21(19,20)5-3-4-12(16)15-2/h6-7H,3-5H2,1-2H3,(H,15,16)(H,17,18). The normalized spacial score (nSPS) is 11.2. The predicted octanol–water partition coefficient (Wildman–Crippen LogP) is 1.65. The monoisotopic (exact) mass is 333 g/mol. The van der Waals surface area contributed by atoms with Crippen LogP contribution in [0.2, 0.25) is 5.02 Å². The molecule has 0 saturated carbocycles. The van der Waals surface area contributed by atoms with E-state index < -0.39 is 15.8 Å². The molecule has 0 bridgehead atoms. The predicted molar refractivity (Wildman–Crippen MR) is 78.5 cm³/mol. The summed E-state index contributed by atoms with van der Waals surface area (Å²) in [5, 5.41) is 11.5. The molecule has 6 nitrogen and oxygen atoms in total. The maximum absolute atomic E-state index is 12.3. The summed E-state index contributed by atoms with van der Waals surface area (Å²) in [7, 11) is -2.23. The molecule has 0 aliphatic carbocycles. The molecule has 0 heterocycles. The largest absolute Gasteiger partial charge is 0.478 e. The van der Waals surface area contributed by atoms with Crippen LogP contribution in [0.5, 0.6) is 0 Å². The van der Waals surface area contributed by atoms with Crippen LogP contribution in [0.3, 0.4) is 0 Å². The van der Waals surface area contributed by atoms with Gasteiger partial charge in [-0.05, 0) is 31.0 Å². The quantitative estimate of drug-likeness (QED) is 0.824. The number of rotatable bonds is 6. The van der Waals surface area contributed by atoms with Crippen molar-refractivity contribution in [3.05, 3.63) is 28.3 Å². The lowest BCUT2D eigenvalue weighted by Gasteiger charge is -2.11. The zero-order valence-electron chi connectivity index (χ0n) is 11.6. The third-order valence-electron chi connectivity index (χ3n) is 2.99. The Bertz CT molecular complexity index is 669. The van der Waals surface area contributed by atoms with Crippen molar-refractivity contribution in [2.24, 2.45) is 0 Å². The van der Waals surface area contributed by atoms with Crippen LogP contribution in [-0.4, -0.2) is 38.2 Å². The van der Waals surface area contributed by atoms with Gasteiger partial charge >= 0.3 is 5.97 Å². The molecular formula is C13H16ClNO5S. The Morgan fingerprint density at radius 3 is 2.48 bits per heavy atom. The number of aromatic carboxylic acids is 1. The summed E-state index contributed by atoms with van der Waals surface area (Å²) < 4.78 is 24.5. The van der Waals surface area contributed by atoms with Gasteiger partial charge in [0.1, 0.15) is 0 Å². The van der Waals surface area contributed by atoms with E-state index in [1.54, 1.807) is 0 Å². The summed E-state index contributed by atoms with van der Waals surface area (Å²) in [5.74, 6) is -1.74. The molecule has 0 saturated heterocycles. The number of sulfone groups is 1. The van der Waals surface area contributed by atoms with Crippen molar-refractivity contribution in [3.63, 3.8) is 0 Å². The number of nitrogens with one attached hydrogen (secondary N) is 1. The Morgan fingerprint density at radius 2 is 1.95 bits per heavy atom. The van der Waals surface area contributed by atoms with Crippen molar-refractivity contribution in [1.29, 1.82) is 0 Å². The zero-order chi connectivity index (χ0) is 16.2. The lowest BCUT2D eigenvalue weighted by Crippen LogP contribution is -2.19. The molecule has 116 valence electrons. The lowest BCUT2D eigenvalue weighted by molar-refractivity contribution is -0.120. The van der Waals surface area contributed by atoms with Gasteiger partial charge in [0.15, 0.2) is 9.84 Å². The van der Waals surface area contributed by atoms with Gasteiger partial charge in [0, 0.05) is 18.5 Å². The molecule has 1 amide bonds. The van der Waals surface area contributed by atoms with E-state index in [4.69, 9.17) is 16.7 Å². The number of hydrogen-bond acceptors (Lipinski definition) is 4. The Balaban J connectivity index is 3.08. The molecule has 1 rings (SSSR count). The van der Waals surface area contributed by atoms with E-state index >= 15 is 0 Å². The number of amides is 1. The zero-order valence-corrected chi connectivity index (χ0v) is 13.2. The van der Waals surface area contributed by atoms with Gasteiger partial charge in [-0.15, -0.1) is 0 Å². The van der Waals surface area contributed by atoms with Gasteiger partial charge < -0.3 is 10.4 Å². The second kappa shape index (κ2) is 6.91. The summed E-state index contributed by atoms with van der Waals surface area (Å²) in [4.78, 5) is 22.1. The Kier molecular flexibility index (Phi) is 5.74. The molecule has 2 N–H and O–H groups in total. The Morgan fingerprint density at radius 1 is 1.33 bits per heavy atom. The van der Waals surface area contributed by atoms with E-state index in [1.807, 2.05) is 0 Å². The summed E-state index contributed by atoms with van der Waals surface area (Å²) >= 11 is 5.79. The van der Waals surface area contributed by atoms with E-state index in [-0.39, 0.29) is 45.5 Å². The van der Waals surface area contributed by atoms with Crippen molar-refractivity contribution < 1.29 is 23.1 Å². The Hall–Kier alpha value is -1.60. The average Bonchev–Trinajstić information content (AvgIpc) is 2.40. The molecular weight excluding hydrogens is 318 g/mol. The van der Waals surface area contributed by atoms with Gasteiger partial charge in [0.05, 0.1) is 16.2 Å². The molecule has 8 heteroatoms. The number of carbonyl (C=O) groups excluding carboxylic acids is 1. The molecule has 0 unspecified atom stereocenters. The smallest absolute Gasteiger partial charge is 0.336 e. The molecule has 21 heavy (non-hydrogen) atoms. The van der Waals surface area contributed by atoms with Crippen molar-refractivity contribution >= 4 is 33.3 Å². The number of benzene rings is 1. The molecule has 0 aliphatic heterocycles. The fourth-order valence-electron chi connectivity index (χ4n) is 1.86. The first kappa shape index (κ1) is 17.5. The van der Waals surface area contributed by atoms with Crippen LogP contribution < -0.4 is 5.32 Å². The van der Waals surface area contributed by atoms with Crippen LogP contribution in [0.15, 0.2) is 17.0 Å². The SMILES string of the molecule is CNC(=O)CCCS(=O)(=O)c1cc(Cl)cc(C(=O)O)c1C. The van der Waals surface area contributed by atoms with Crippen LogP contribution >= 0.6 is 11.6 Å². The van der Waals surface area contributed by atoms with Gasteiger partial charge in [0.2, 0.25) is 5.91 Å². The molecule has 1 aromatic rings. The van der Waals surface area contributed by atoms with Crippen molar-refractivity contribution in [1.82, 2.24) is 5.32 Å². The molecule has 1 aromatic carbocycles. The van der Waals surface area contributed by atoms with E-state index in [0.29, 0.717) is 0 Å². The summed E-state index contributed by atoms with van der Waals surface area (Å²) in [6, 6.07) is 2.45. The molecule has 0 radical (unpaired) electrons. The first-order valence-electron chi connectivity index (χ1n) is 6.16. The van der Waals surface area contributed by atoms with Gasteiger partial charge in [0.25, 0.3) is 0 Å². The molecule has 0 spiro atoms. The average molecular weight is 334 g/mol. The molecule has 0 aromatic heterocycles. The second-order valence-corrected chi connectivity index (χ2v) is 6.99. The van der Waals surface area contributed by atoms with Crippen molar-refractivity contribution in [3.8, 4) is 0 Å². The topological polar surface area (TPSA) is 101 Å². The van der Waals surface area contributed by atoms with E-state index in [9.17, 15) is 18.0 Å². The van der Waals surface area contributed by atoms with E-state index in [1.165, 1.54) is 26.1 Å². The first-order chi connectivity index (χ1) is 9.69. The highest BCUT2D eigenvalue weighted by Crippen LogP contribution is 2.26. The molecule has 0 fully saturated rings. The minimum absolute atomic E-state index is 0.0443. The highest BCUT2D eigenvalue weighted by molar-refractivity contribution is 7.91. The van der Waals surface area contributed by atoms with Crippen LogP contribution in [0.25, 0.3) is 0 Å². The van der Waals surface area contributed by atoms with E-state index in [2.05, 4.69) is 5.32 Å². The fraction of sp³-hybridized carbons (Fsp3) is 0.385. The number of hydrogen-bond donors (Lipinski definition) is 2. The number of carboxylic acids is 1. The van der Waals surface area contributed by atoms with Crippen molar-refractivity contribution in [2.45, 2.75) is 24.7 Å². The number of carbonyl (C=O) groups is 2. The third-order valence-corrected chi connectivity index (χ3v) is 5.12. The first-order valence-corrected chi connectivity index (χ1v) is 8.19. The van der Waals surface area contributed by atoms with Gasteiger partial charge in [-0.2, -0.15) is 0 Å². The van der Waals surface area contributed by atoms with Gasteiger partial charge in [-0.3, -0.25) is 4.79 Å². The number of halogens is 1. The summed E-state index contributed by atoms with van der Waals surface area (Å²) in [6.45, 7) is 1.42. The van der Waals surface area contributed by atoms with E-state index in [0.717, 1.165) is 0 Å². The summed E-state index contributed by atoms with van der Waals surface area (Å²) in [5.41, 5.74) is -0.000723. The van der Waals surface area contributed by atoms with Crippen LogP contribution in [0.1, 0.15) is 28.8 Å². The van der Waals surface area contributed by atoms with Gasteiger partial charge in [-0.25, -0.2) is 13.2 Å². The highest BCUT2D eigenvalue weighted by Gasteiger charge is 2.22. The minimum Gasteiger partial charge on any atom is -0.478 e. The maximum Gasteiger partial charge on any atom is 0.336 e. The Labute approximate surface area is 128 Å². The molecule has 0 aliphatic rings. The molecule has 0 atom stereocenters. The third kappa shape index (κ3) is 4.44. The second-order valence-electron chi connectivity index (χ2n) is 4.48. The summed E-state index contributed by atoms with van der Waals surface area (Å²) in [6.07, 6.45) is 0.234. The highest BCUT2D eigenvalue weighted by atomic mass is 35.5. The fourth-order valence-corrected chi connectivity index (χ4v) is 3.77. The minimum atomic E-state index is -3.70. The maximum atomic E-state index is 12.3. The van der Waals surface area contributed by atoms with Crippen LogP contribution in [0, 0.1) is 6.92 Å².